The molecule has 2 saturated heterocycles. The fourth-order valence-electron chi connectivity index (χ4n) is 3.09. The molecule has 0 spiro atoms. The number of piperidine rings is 1. The zero-order valence-corrected chi connectivity index (χ0v) is 14.4. The van der Waals surface area contributed by atoms with Crippen molar-refractivity contribution in [2.24, 2.45) is 11.8 Å². The number of amides is 1. The van der Waals surface area contributed by atoms with E-state index in [4.69, 9.17) is 9.47 Å². The highest BCUT2D eigenvalue weighted by Crippen LogP contribution is 2.19. The van der Waals surface area contributed by atoms with E-state index in [0.717, 1.165) is 58.2 Å². The van der Waals surface area contributed by atoms with Gasteiger partial charge in [-0.2, -0.15) is 0 Å². The maximum atomic E-state index is 12.0. The van der Waals surface area contributed by atoms with E-state index in [-0.39, 0.29) is 6.09 Å². The van der Waals surface area contributed by atoms with Crippen molar-refractivity contribution in [3.63, 3.8) is 0 Å². The van der Waals surface area contributed by atoms with Gasteiger partial charge in [-0.15, -0.1) is 0 Å². The van der Waals surface area contributed by atoms with Gasteiger partial charge in [0.25, 0.3) is 0 Å². The summed E-state index contributed by atoms with van der Waals surface area (Å²) in [4.78, 5) is 13.9. The third-order valence-corrected chi connectivity index (χ3v) is 4.47. The van der Waals surface area contributed by atoms with Crippen molar-refractivity contribution in [3.8, 4) is 0 Å². The van der Waals surface area contributed by atoms with Gasteiger partial charge in [0.2, 0.25) is 0 Å². The Hall–Kier alpha value is -0.810. The van der Waals surface area contributed by atoms with Crippen LogP contribution in [0.3, 0.4) is 0 Å². The van der Waals surface area contributed by atoms with E-state index in [0.29, 0.717) is 5.92 Å². The van der Waals surface area contributed by atoms with E-state index in [1.54, 1.807) is 0 Å². The second-order valence-electron chi connectivity index (χ2n) is 7.62. The smallest absolute Gasteiger partial charge is 0.410 e. The van der Waals surface area contributed by atoms with Crippen LogP contribution in [0.2, 0.25) is 0 Å². The number of hydrogen-bond donors (Lipinski definition) is 1. The molecular formula is C17H32N2O3. The van der Waals surface area contributed by atoms with Crippen molar-refractivity contribution >= 4 is 6.09 Å². The van der Waals surface area contributed by atoms with E-state index in [2.05, 4.69) is 5.32 Å². The van der Waals surface area contributed by atoms with Crippen LogP contribution in [-0.2, 0) is 9.47 Å². The summed E-state index contributed by atoms with van der Waals surface area (Å²) in [6.07, 6.45) is 4.34. The van der Waals surface area contributed by atoms with Crippen LogP contribution in [0, 0.1) is 11.8 Å². The number of carbonyl (C=O) groups is 1. The molecule has 0 aliphatic carbocycles. The molecule has 22 heavy (non-hydrogen) atoms. The van der Waals surface area contributed by atoms with Crippen LogP contribution in [0.4, 0.5) is 4.79 Å². The second-order valence-corrected chi connectivity index (χ2v) is 7.62. The monoisotopic (exact) mass is 312 g/mol. The summed E-state index contributed by atoms with van der Waals surface area (Å²) in [6, 6.07) is 0. The first-order chi connectivity index (χ1) is 10.4. The number of ether oxygens (including phenoxy) is 2. The fourth-order valence-corrected chi connectivity index (χ4v) is 3.09. The lowest BCUT2D eigenvalue weighted by atomic mass is 9.96. The summed E-state index contributed by atoms with van der Waals surface area (Å²) in [5.41, 5.74) is -0.404. The molecule has 0 bridgehead atoms. The number of rotatable bonds is 4. The van der Waals surface area contributed by atoms with Crippen molar-refractivity contribution in [1.82, 2.24) is 10.2 Å². The van der Waals surface area contributed by atoms with Gasteiger partial charge >= 0.3 is 6.09 Å². The molecule has 0 aromatic carbocycles. The molecule has 5 heteroatoms. The van der Waals surface area contributed by atoms with Crippen LogP contribution in [0.5, 0.6) is 0 Å². The Morgan fingerprint density at radius 3 is 2.18 bits per heavy atom. The maximum absolute atomic E-state index is 12.0. The lowest BCUT2D eigenvalue weighted by molar-refractivity contribution is 0.0183. The molecule has 0 aromatic rings. The van der Waals surface area contributed by atoms with Crippen LogP contribution in [-0.4, -0.2) is 56.0 Å². The molecule has 5 nitrogen and oxygen atoms in total. The summed E-state index contributed by atoms with van der Waals surface area (Å²) < 4.78 is 10.8. The third-order valence-electron chi connectivity index (χ3n) is 4.47. The topological polar surface area (TPSA) is 50.8 Å². The average molecular weight is 312 g/mol. The summed E-state index contributed by atoms with van der Waals surface area (Å²) in [5.74, 6) is 1.45. The molecule has 2 heterocycles. The van der Waals surface area contributed by atoms with Crippen molar-refractivity contribution < 1.29 is 14.3 Å². The minimum absolute atomic E-state index is 0.166. The Morgan fingerprint density at radius 1 is 1.09 bits per heavy atom. The second kappa shape index (κ2) is 8.16. The molecule has 0 saturated carbocycles. The molecule has 0 aromatic heterocycles. The van der Waals surface area contributed by atoms with E-state index >= 15 is 0 Å². The summed E-state index contributed by atoms with van der Waals surface area (Å²) in [6.45, 7) is 11.4. The largest absolute Gasteiger partial charge is 0.444 e. The maximum Gasteiger partial charge on any atom is 0.410 e. The van der Waals surface area contributed by atoms with Gasteiger partial charge in [-0.1, -0.05) is 0 Å². The Kier molecular flexibility index (Phi) is 6.50. The van der Waals surface area contributed by atoms with Crippen molar-refractivity contribution in [2.45, 2.75) is 52.1 Å². The predicted octanol–water partition coefficient (Wildman–Crippen LogP) is 2.65. The molecule has 0 radical (unpaired) electrons. The van der Waals surface area contributed by atoms with Gasteiger partial charge in [0.05, 0.1) is 0 Å². The van der Waals surface area contributed by atoms with Crippen LogP contribution in [0.1, 0.15) is 46.5 Å². The Morgan fingerprint density at radius 2 is 1.64 bits per heavy atom. The molecule has 2 aliphatic heterocycles. The zero-order chi connectivity index (χ0) is 16.0. The third kappa shape index (κ3) is 6.13. The van der Waals surface area contributed by atoms with Crippen molar-refractivity contribution in [2.75, 3.05) is 39.4 Å². The molecule has 0 atom stereocenters. The number of nitrogens with zero attached hydrogens (tertiary/aromatic N) is 1. The zero-order valence-electron chi connectivity index (χ0n) is 14.4. The number of carbonyl (C=O) groups excluding carboxylic acids is 1. The summed E-state index contributed by atoms with van der Waals surface area (Å²) in [7, 11) is 0. The molecule has 128 valence electrons. The molecule has 2 rings (SSSR count). The van der Waals surface area contributed by atoms with Crippen molar-refractivity contribution in [1.29, 1.82) is 0 Å². The normalized spacial score (nSPS) is 21.9. The molecule has 2 aliphatic rings. The lowest BCUT2D eigenvalue weighted by Gasteiger charge is -2.33. The number of nitrogens with one attached hydrogen (secondary N) is 1. The van der Waals surface area contributed by atoms with Gasteiger partial charge in [0.1, 0.15) is 5.60 Å². The van der Waals surface area contributed by atoms with Crippen LogP contribution in [0.15, 0.2) is 0 Å². The summed E-state index contributed by atoms with van der Waals surface area (Å²) in [5, 5.41) is 3.62. The minimum Gasteiger partial charge on any atom is -0.444 e. The molecule has 2 fully saturated rings. The fraction of sp³-hybridized carbons (Fsp3) is 0.941. The highest BCUT2D eigenvalue weighted by Gasteiger charge is 2.26. The van der Waals surface area contributed by atoms with Gasteiger partial charge in [-0.25, -0.2) is 4.79 Å². The number of hydrogen-bond acceptors (Lipinski definition) is 4. The van der Waals surface area contributed by atoms with E-state index < -0.39 is 5.60 Å². The van der Waals surface area contributed by atoms with Gasteiger partial charge in [-0.3, -0.25) is 0 Å². The van der Waals surface area contributed by atoms with E-state index in [9.17, 15) is 4.79 Å². The standard InChI is InChI=1S/C17H32N2O3/c1-17(2,3)22-16(20)19-8-4-14(5-9-19)12-18-13-15-6-10-21-11-7-15/h14-15,18H,4-13H2,1-3H3. The Bertz CT molecular complexity index is 340. The first kappa shape index (κ1) is 17.5. The molecule has 1 amide bonds. The van der Waals surface area contributed by atoms with Gasteiger partial charge in [-0.05, 0) is 71.4 Å². The Balaban J connectivity index is 1.59. The van der Waals surface area contributed by atoms with Gasteiger partial charge in [0, 0.05) is 26.3 Å². The molecular weight excluding hydrogens is 280 g/mol. The molecule has 0 unspecified atom stereocenters. The van der Waals surface area contributed by atoms with Gasteiger partial charge < -0.3 is 19.7 Å². The Labute approximate surface area is 134 Å². The van der Waals surface area contributed by atoms with E-state index in [1.807, 2.05) is 25.7 Å². The van der Waals surface area contributed by atoms with Crippen LogP contribution < -0.4 is 5.32 Å². The first-order valence-corrected chi connectivity index (χ1v) is 8.70. The number of likely N-dealkylation sites (tertiary alicyclic amines) is 1. The average Bonchev–Trinajstić information content (AvgIpc) is 2.47. The first-order valence-electron chi connectivity index (χ1n) is 8.70. The minimum atomic E-state index is -0.404. The highest BCUT2D eigenvalue weighted by molar-refractivity contribution is 5.68. The SMILES string of the molecule is CC(C)(C)OC(=O)N1CCC(CNCC2CCOCC2)CC1. The lowest BCUT2D eigenvalue weighted by Crippen LogP contribution is -2.43. The van der Waals surface area contributed by atoms with Crippen LogP contribution >= 0.6 is 0 Å². The quantitative estimate of drug-likeness (QED) is 0.867. The summed E-state index contributed by atoms with van der Waals surface area (Å²) >= 11 is 0. The predicted molar refractivity (Wildman–Crippen MR) is 86.9 cm³/mol. The van der Waals surface area contributed by atoms with Crippen molar-refractivity contribution in [3.05, 3.63) is 0 Å². The van der Waals surface area contributed by atoms with Crippen LogP contribution in [0.25, 0.3) is 0 Å². The van der Waals surface area contributed by atoms with Gasteiger partial charge in [0.15, 0.2) is 0 Å². The molecule has 1 N–H and O–H groups in total. The van der Waals surface area contributed by atoms with E-state index in [1.165, 1.54) is 12.8 Å². The highest BCUT2D eigenvalue weighted by atomic mass is 16.6.